The molecule has 0 saturated carbocycles. The van der Waals surface area contributed by atoms with Gasteiger partial charge in [-0.2, -0.15) is 0 Å². The summed E-state index contributed by atoms with van der Waals surface area (Å²) in [6.45, 7) is 2.21. The van der Waals surface area contributed by atoms with E-state index in [0.29, 0.717) is 5.69 Å². The number of hydrogen-bond acceptors (Lipinski definition) is 3. The predicted molar refractivity (Wildman–Crippen MR) is 89.9 cm³/mol. The smallest absolute Gasteiger partial charge is 0.250 e. The zero-order chi connectivity index (χ0) is 16.8. The minimum absolute atomic E-state index is 0.198. The van der Waals surface area contributed by atoms with E-state index in [1.54, 1.807) is 6.07 Å². The number of aryl methyl sites for hydroxylation is 1. The molecule has 0 radical (unpaired) electrons. The molecule has 5 nitrogen and oxygen atoms in total. The average molecular weight is 333 g/mol. The molecule has 0 aliphatic heterocycles. The third-order valence-electron chi connectivity index (χ3n) is 3.20. The molecule has 0 saturated heterocycles. The minimum atomic E-state index is -0.612. The number of para-hydroxylation sites is 1. The van der Waals surface area contributed by atoms with Crippen LogP contribution in [-0.4, -0.2) is 18.4 Å². The maximum Gasteiger partial charge on any atom is 0.250 e. The highest BCUT2D eigenvalue weighted by atomic mass is 35.5. The van der Waals surface area contributed by atoms with Crippen molar-refractivity contribution in [1.29, 1.82) is 0 Å². The fourth-order valence-electron chi connectivity index (χ4n) is 1.99. The van der Waals surface area contributed by atoms with Crippen LogP contribution in [0.1, 0.15) is 22.3 Å². The van der Waals surface area contributed by atoms with Crippen molar-refractivity contribution in [1.82, 2.24) is 0 Å². The van der Waals surface area contributed by atoms with E-state index < -0.39 is 5.91 Å². The number of halogens is 1. The molecule has 2 aromatic carbocycles. The number of ether oxygens (including phenoxy) is 1. The van der Waals surface area contributed by atoms with Crippen LogP contribution in [-0.2, 0) is 4.79 Å². The molecule has 0 bridgehead atoms. The number of carbonyl (C=O) groups excluding carboxylic acids is 2. The van der Waals surface area contributed by atoms with Crippen molar-refractivity contribution in [2.24, 2.45) is 5.73 Å². The number of anilines is 1. The zero-order valence-corrected chi connectivity index (χ0v) is 13.4. The van der Waals surface area contributed by atoms with Gasteiger partial charge in [-0.15, -0.1) is 0 Å². The van der Waals surface area contributed by atoms with Crippen molar-refractivity contribution in [2.75, 3.05) is 11.9 Å². The van der Waals surface area contributed by atoms with Crippen molar-refractivity contribution in [3.8, 4) is 5.75 Å². The van der Waals surface area contributed by atoms with Crippen LogP contribution in [0.4, 0.5) is 5.69 Å². The fraction of sp³-hybridized carbons (Fsp3) is 0.176. The second-order valence-corrected chi connectivity index (χ2v) is 5.38. The number of carbonyl (C=O) groups is 2. The molecule has 0 spiro atoms. The highest BCUT2D eigenvalue weighted by molar-refractivity contribution is 6.34. The van der Waals surface area contributed by atoms with Crippen LogP contribution in [0.3, 0.4) is 0 Å². The van der Waals surface area contributed by atoms with Crippen molar-refractivity contribution in [3.63, 3.8) is 0 Å². The molecular weight excluding hydrogens is 316 g/mol. The summed E-state index contributed by atoms with van der Waals surface area (Å²) in [6.07, 6.45) is 0.198. The Hall–Kier alpha value is -2.53. The van der Waals surface area contributed by atoms with Gasteiger partial charge in [0.05, 0.1) is 23.6 Å². The quantitative estimate of drug-likeness (QED) is 0.852. The highest BCUT2D eigenvalue weighted by Gasteiger charge is 2.09. The molecule has 0 aliphatic carbocycles. The third-order valence-corrected chi connectivity index (χ3v) is 3.51. The van der Waals surface area contributed by atoms with Gasteiger partial charge in [-0.25, -0.2) is 0 Å². The summed E-state index contributed by atoms with van der Waals surface area (Å²) < 4.78 is 5.57. The molecule has 120 valence electrons. The van der Waals surface area contributed by atoms with E-state index in [2.05, 4.69) is 5.32 Å². The van der Waals surface area contributed by atoms with Crippen molar-refractivity contribution in [3.05, 3.63) is 58.6 Å². The van der Waals surface area contributed by atoms with Gasteiger partial charge in [0.2, 0.25) is 11.8 Å². The largest absolute Gasteiger partial charge is 0.493 e. The van der Waals surface area contributed by atoms with E-state index in [-0.39, 0.29) is 29.5 Å². The molecule has 0 aliphatic rings. The lowest BCUT2D eigenvalue weighted by Crippen LogP contribution is -2.16. The van der Waals surface area contributed by atoms with Gasteiger partial charge in [-0.1, -0.05) is 29.8 Å². The first-order valence-electron chi connectivity index (χ1n) is 7.05. The van der Waals surface area contributed by atoms with Crippen molar-refractivity contribution >= 4 is 29.1 Å². The predicted octanol–water partition coefficient (Wildman–Crippen LogP) is 3.15. The molecule has 2 rings (SSSR count). The Balaban J connectivity index is 1.86. The number of nitrogens with one attached hydrogen (secondary N) is 1. The summed E-state index contributed by atoms with van der Waals surface area (Å²) in [5.41, 5.74) is 6.90. The molecule has 3 N–H and O–H groups in total. The van der Waals surface area contributed by atoms with Gasteiger partial charge in [0.25, 0.3) is 0 Å². The summed E-state index contributed by atoms with van der Waals surface area (Å²) >= 11 is 5.93. The number of nitrogens with two attached hydrogens (primary N) is 1. The van der Waals surface area contributed by atoms with E-state index in [9.17, 15) is 9.59 Å². The Bertz CT molecular complexity index is 732. The lowest BCUT2D eigenvalue weighted by Gasteiger charge is -2.10. The Kier molecular flexibility index (Phi) is 5.60. The fourth-order valence-corrected chi connectivity index (χ4v) is 2.26. The molecule has 2 aromatic rings. The maximum atomic E-state index is 11.9. The monoisotopic (exact) mass is 332 g/mol. The van der Waals surface area contributed by atoms with Gasteiger partial charge >= 0.3 is 0 Å². The van der Waals surface area contributed by atoms with Crippen LogP contribution >= 0.6 is 11.6 Å². The molecule has 0 aromatic heterocycles. The van der Waals surface area contributed by atoms with Gasteiger partial charge in [0.1, 0.15) is 5.75 Å². The van der Waals surface area contributed by atoms with Gasteiger partial charge in [-0.05, 0) is 36.8 Å². The highest BCUT2D eigenvalue weighted by Crippen LogP contribution is 2.21. The van der Waals surface area contributed by atoms with Crippen LogP contribution in [0.15, 0.2) is 42.5 Å². The number of hydrogen-bond donors (Lipinski definition) is 2. The van der Waals surface area contributed by atoms with Crippen LogP contribution in [0.25, 0.3) is 0 Å². The Morgan fingerprint density at radius 3 is 2.61 bits per heavy atom. The van der Waals surface area contributed by atoms with Gasteiger partial charge in [-0.3, -0.25) is 9.59 Å². The third kappa shape index (κ3) is 4.72. The summed E-state index contributed by atoms with van der Waals surface area (Å²) in [4.78, 5) is 23.0. The number of amides is 2. The van der Waals surface area contributed by atoms with Gasteiger partial charge in [0, 0.05) is 5.69 Å². The minimum Gasteiger partial charge on any atom is -0.493 e. The van der Waals surface area contributed by atoms with Gasteiger partial charge in [0.15, 0.2) is 0 Å². The van der Waals surface area contributed by atoms with E-state index >= 15 is 0 Å². The SMILES string of the molecule is Cc1ccccc1OCCC(=O)Nc1ccc(C(N)=O)c(Cl)c1. The second kappa shape index (κ2) is 7.65. The Morgan fingerprint density at radius 2 is 1.96 bits per heavy atom. The Labute approximate surface area is 139 Å². The first-order chi connectivity index (χ1) is 11.0. The first-order valence-corrected chi connectivity index (χ1v) is 7.43. The van der Waals surface area contributed by atoms with Crippen molar-refractivity contribution < 1.29 is 14.3 Å². The molecule has 0 fully saturated rings. The lowest BCUT2D eigenvalue weighted by atomic mass is 10.2. The maximum absolute atomic E-state index is 11.9. The van der Waals surface area contributed by atoms with E-state index in [0.717, 1.165) is 11.3 Å². The van der Waals surface area contributed by atoms with Crippen LogP contribution in [0.5, 0.6) is 5.75 Å². The van der Waals surface area contributed by atoms with Gasteiger partial charge < -0.3 is 15.8 Å². The molecular formula is C17H17ClN2O3. The molecule has 0 atom stereocenters. The lowest BCUT2D eigenvalue weighted by molar-refractivity contribution is -0.116. The number of primary amides is 1. The summed E-state index contributed by atoms with van der Waals surface area (Å²) in [6, 6.07) is 12.1. The molecule has 23 heavy (non-hydrogen) atoms. The summed E-state index contributed by atoms with van der Waals surface area (Å²) in [7, 11) is 0. The van der Waals surface area contributed by atoms with E-state index in [1.807, 2.05) is 31.2 Å². The molecule has 2 amide bonds. The number of rotatable bonds is 6. The average Bonchev–Trinajstić information content (AvgIpc) is 2.49. The molecule has 6 heteroatoms. The molecule has 0 unspecified atom stereocenters. The normalized spacial score (nSPS) is 10.2. The van der Waals surface area contributed by atoms with E-state index in [1.165, 1.54) is 12.1 Å². The summed E-state index contributed by atoms with van der Waals surface area (Å²) in [5, 5.41) is 2.89. The standard InChI is InChI=1S/C17H17ClN2O3/c1-11-4-2-3-5-15(11)23-9-8-16(21)20-12-6-7-13(17(19)22)14(18)10-12/h2-7,10H,8-9H2,1H3,(H2,19,22)(H,20,21). The van der Waals surface area contributed by atoms with Crippen LogP contribution in [0.2, 0.25) is 5.02 Å². The second-order valence-electron chi connectivity index (χ2n) is 4.97. The Morgan fingerprint density at radius 1 is 1.22 bits per heavy atom. The zero-order valence-electron chi connectivity index (χ0n) is 12.6. The van der Waals surface area contributed by atoms with E-state index in [4.69, 9.17) is 22.1 Å². The van der Waals surface area contributed by atoms with Crippen LogP contribution in [0, 0.1) is 6.92 Å². The molecule has 0 heterocycles. The summed E-state index contributed by atoms with van der Waals surface area (Å²) in [5.74, 6) is -0.0601. The topological polar surface area (TPSA) is 81.4 Å². The first kappa shape index (κ1) is 16.8. The number of benzene rings is 2. The van der Waals surface area contributed by atoms with Crippen molar-refractivity contribution in [2.45, 2.75) is 13.3 Å². The van der Waals surface area contributed by atoms with Crippen LogP contribution < -0.4 is 15.8 Å².